The minimum absolute atomic E-state index is 0.0283. The first kappa shape index (κ1) is 23.3. The van der Waals surface area contributed by atoms with Gasteiger partial charge in [-0.25, -0.2) is 0 Å². The van der Waals surface area contributed by atoms with Gasteiger partial charge in [0.05, 0.1) is 12.2 Å². The van der Waals surface area contributed by atoms with E-state index < -0.39 is 0 Å². The number of aryl methyl sites for hydroxylation is 1. The molecule has 2 saturated heterocycles. The molecule has 1 aliphatic carbocycles. The zero-order valence-electron chi connectivity index (χ0n) is 19.9. The van der Waals surface area contributed by atoms with Gasteiger partial charge in [-0.3, -0.25) is 9.69 Å². The first-order valence-corrected chi connectivity index (χ1v) is 12.8. The summed E-state index contributed by atoms with van der Waals surface area (Å²) in [5, 5.41) is 13.1. The van der Waals surface area contributed by atoms with Crippen LogP contribution in [0.1, 0.15) is 59.2 Å². The Morgan fingerprint density at radius 2 is 1.97 bits per heavy atom. The van der Waals surface area contributed by atoms with Crippen LogP contribution in [-0.2, 0) is 24.1 Å². The Kier molecular flexibility index (Phi) is 7.48. The van der Waals surface area contributed by atoms with Crippen LogP contribution in [0.2, 0.25) is 0 Å². The largest absolute Gasteiger partial charge is 0.491 e. The third kappa shape index (κ3) is 5.98. The van der Waals surface area contributed by atoms with Crippen LogP contribution in [0, 0.1) is 0 Å². The third-order valence-corrected chi connectivity index (χ3v) is 7.30. The van der Waals surface area contributed by atoms with Crippen LogP contribution in [0.5, 0.6) is 5.75 Å². The van der Waals surface area contributed by atoms with Crippen LogP contribution in [0.25, 0.3) is 0 Å². The van der Waals surface area contributed by atoms with Crippen molar-refractivity contribution in [2.24, 2.45) is 0 Å². The topological polar surface area (TPSA) is 71.0 Å². The van der Waals surface area contributed by atoms with E-state index in [1.165, 1.54) is 16.7 Å². The number of ether oxygens (including phenoxy) is 2. The SMILES string of the molecule is O=C(N[C@H]1CCc2cc(CN3CCCC(O)C3)ccc2C1)c1ccc(OC[C@@H]2CCCO2)cc1. The van der Waals surface area contributed by atoms with Gasteiger partial charge in [-0.15, -0.1) is 0 Å². The molecule has 5 rings (SSSR count). The number of amides is 1. The van der Waals surface area contributed by atoms with Gasteiger partial charge in [0.2, 0.25) is 0 Å². The second kappa shape index (κ2) is 10.9. The molecule has 34 heavy (non-hydrogen) atoms. The van der Waals surface area contributed by atoms with Gasteiger partial charge in [-0.2, -0.15) is 0 Å². The highest BCUT2D eigenvalue weighted by atomic mass is 16.5. The number of nitrogens with one attached hydrogen (secondary N) is 1. The molecule has 1 unspecified atom stereocenters. The lowest BCUT2D eigenvalue weighted by Gasteiger charge is -2.31. The van der Waals surface area contributed by atoms with Crippen molar-refractivity contribution in [3.8, 4) is 5.75 Å². The van der Waals surface area contributed by atoms with Crippen LogP contribution in [-0.4, -0.2) is 60.5 Å². The van der Waals surface area contributed by atoms with Crippen molar-refractivity contribution < 1.29 is 19.4 Å². The van der Waals surface area contributed by atoms with Crippen LogP contribution >= 0.6 is 0 Å². The Morgan fingerprint density at radius 3 is 2.76 bits per heavy atom. The molecule has 2 N–H and O–H groups in total. The number of piperidine rings is 1. The smallest absolute Gasteiger partial charge is 0.251 e. The number of carbonyl (C=O) groups is 1. The number of β-amino-alcohol motifs (C(OH)–C–C–N with tert-alkyl or cyclic N) is 1. The monoisotopic (exact) mass is 464 g/mol. The number of benzene rings is 2. The molecule has 2 heterocycles. The molecule has 182 valence electrons. The molecule has 0 saturated carbocycles. The average molecular weight is 465 g/mol. The van der Waals surface area contributed by atoms with Crippen LogP contribution in [0.3, 0.4) is 0 Å². The van der Waals surface area contributed by atoms with Crippen molar-refractivity contribution in [2.45, 2.75) is 69.7 Å². The van der Waals surface area contributed by atoms with Gasteiger partial charge in [-0.1, -0.05) is 18.2 Å². The Balaban J connectivity index is 1.12. The number of nitrogens with zero attached hydrogens (tertiary/aromatic N) is 1. The maximum Gasteiger partial charge on any atom is 0.251 e. The maximum atomic E-state index is 12.8. The maximum absolute atomic E-state index is 12.8. The van der Waals surface area contributed by atoms with E-state index in [9.17, 15) is 9.90 Å². The van der Waals surface area contributed by atoms with E-state index in [-0.39, 0.29) is 24.2 Å². The summed E-state index contributed by atoms with van der Waals surface area (Å²) in [6.07, 6.45) is 6.93. The van der Waals surface area contributed by atoms with E-state index in [4.69, 9.17) is 9.47 Å². The molecule has 1 amide bonds. The summed E-state index contributed by atoms with van der Waals surface area (Å²) in [4.78, 5) is 15.2. The predicted octanol–water partition coefficient (Wildman–Crippen LogP) is 3.49. The van der Waals surface area contributed by atoms with Crippen molar-refractivity contribution >= 4 is 5.91 Å². The van der Waals surface area contributed by atoms with E-state index in [0.717, 1.165) is 76.9 Å². The first-order chi connectivity index (χ1) is 16.6. The predicted molar refractivity (Wildman–Crippen MR) is 131 cm³/mol. The molecule has 0 spiro atoms. The fraction of sp³-hybridized carbons (Fsp3) is 0.536. The first-order valence-electron chi connectivity index (χ1n) is 12.8. The van der Waals surface area contributed by atoms with Gasteiger partial charge in [0.15, 0.2) is 0 Å². The summed E-state index contributed by atoms with van der Waals surface area (Å²) in [7, 11) is 0. The average Bonchev–Trinajstić information content (AvgIpc) is 3.37. The lowest BCUT2D eigenvalue weighted by atomic mass is 9.87. The van der Waals surface area contributed by atoms with Crippen molar-refractivity contribution in [3.63, 3.8) is 0 Å². The quantitative estimate of drug-likeness (QED) is 0.657. The molecule has 0 radical (unpaired) electrons. The van der Waals surface area contributed by atoms with Crippen molar-refractivity contribution in [1.29, 1.82) is 0 Å². The van der Waals surface area contributed by atoms with E-state index in [2.05, 4.69) is 28.4 Å². The highest BCUT2D eigenvalue weighted by Crippen LogP contribution is 2.25. The van der Waals surface area contributed by atoms with Crippen molar-refractivity contribution in [1.82, 2.24) is 10.2 Å². The molecule has 0 bridgehead atoms. The lowest BCUT2D eigenvalue weighted by molar-refractivity contribution is 0.0668. The second-order valence-electron chi connectivity index (χ2n) is 10.0. The molecular weight excluding hydrogens is 428 g/mol. The van der Waals surface area contributed by atoms with Crippen molar-refractivity contribution in [3.05, 3.63) is 64.7 Å². The summed E-state index contributed by atoms with van der Waals surface area (Å²) in [5.41, 5.74) is 4.71. The van der Waals surface area contributed by atoms with Crippen LogP contribution < -0.4 is 10.1 Å². The number of likely N-dealkylation sites (tertiary alicyclic amines) is 1. The van der Waals surface area contributed by atoms with E-state index in [1.54, 1.807) is 0 Å². The minimum atomic E-state index is -0.189. The van der Waals surface area contributed by atoms with Gasteiger partial charge < -0.3 is 19.9 Å². The number of hydrogen-bond acceptors (Lipinski definition) is 5. The zero-order valence-corrected chi connectivity index (χ0v) is 19.9. The van der Waals surface area contributed by atoms with Crippen LogP contribution in [0.15, 0.2) is 42.5 Å². The molecule has 2 aromatic carbocycles. The Morgan fingerprint density at radius 1 is 1.09 bits per heavy atom. The van der Waals surface area contributed by atoms with Gasteiger partial charge >= 0.3 is 0 Å². The summed E-state index contributed by atoms with van der Waals surface area (Å²) >= 11 is 0. The summed E-state index contributed by atoms with van der Waals surface area (Å²) < 4.78 is 11.4. The Bertz CT molecular complexity index is 971. The third-order valence-electron chi connectivity index (χ3n) is 7.30. The van der Waals surface area contributed by atoms with E-state index >= 15 is 0 Å². The molecular formula is C28H36N2O4. The Hall–Kier alpha value is -2.41. The highest BCUT2D eigenvalue weighted by Gasteiger charge is 2.23. The van der Waals surface area contributed by atoms with Gasteiger partial charge in [0.25, 0.3) is 5.91 Å². The molecule has 6 heteroatoms. The minimum Gasteiger partial charge on any atom is -0.491 e. The highest BCUT2D eigenvalue weighted by molar-refractivity contribution is 5.94. The zero-order chi connectivity index (χ0) is 23.3. The number of aliphatic hydroxyl groups is 1. The van der Waals surface area contributed by atoms with E-state index in [0.29, 0.717) is 12.2 Å². The summed E-state index contributed by atoms with van der Waals surface area (Å²) in [6.45, 7) is 4.12. The molecule has 6 nitrogen and oxygen atoms in total. The van der Waals surface area contributed by atoms with Crippen molar-refractivity contribution in [2.75, 3.05) is 26.3 Å². The lowest BCUT2D eigenvalue weighted by Crippen LogP contribution is -2.39. The van der Waals surface area contributed by atoms with E-state index in [1.807, 2.05) is 24.3 Å². The molecule has 2 aromatic rings. The standard InChI is InChI=1S/C28H36N2O4/c31-25-3-1-13-30(18-25)17-20-5-6-23-16-24(10-7-22(23)15-20)29-28(32)21-8-11-26(12-9-21)34-19-27-4-2-14-33-27/h5-6,8-9,11-12,15,24-25,27,31H,1-4,7,10,13-14,16-19H2,(H,29,32)/t24-,25?,27-/m0/s1. The molecule has 2 aliphatic heterocycles. The molecule has 0 aromatic heterocycles. The number of carbonyl (C=O) groups excluding carboxylic acids is 1. The normalized spacial score (nSPS) is 25.0. The number of rotatable bonds is 7. The van der Waals surface area contributed by atoms with Crippen LogP contribution in [0.4, 0.5) is 0 Å². The number of hydrogen-bond donors (Lipinski definition) is 2. The molecule has 3 atom stereocenters. The number of fused-ring (bicyclic) bond motifs is 1. The van der Waals surface area contributed by atoms with Gasteiger partial charge in [0, 0.05) is 31.3 Å². The molecule has 3 aliphatic rings. The Labute approximate surface area is 202 Å². The van der Waals surface area contributed by atoms with Gasteiger partial charge in [-0.05, 0) is 92.4 Å². The summed E-state index contributed by atoms with van der Waals surface area (Å²) in [5.74, 6) is 0.743. The molecule has 2 fully saturated rings. The summed E-state index contributed by atoms with van der Waals surface area (Å²) in [6, 6.07) is 14.3. The fourth-order valence-electron chi connectivity index (χ4n) is 5.40. The number of aliphatic hydroxyl groups excluding tert-OH is 1. The second-order valence-corrected chi connectivity index (χ2v) is 10.0. The fourth-order valence-corrected chi connectivity index (χ4v) is 5.40. The van der Waals surface area contributed by atoms with Gasteiger partial charge in [0.1, 0.15) is 12.4 Å².